The fourth-order valence-corrected chi connectivity index (χ4v) is 3.60. The molecular formula is C19H15F2N5O2S. The summed E-state index contributed by atoms with van der Waals surface area (Å²) < 4.78 is 27.1. The number of thioether (sulfide) groups is 1. The van der Waals surface area contributed by atoms with Crippen LogP contribution in [-0.2, 0) is 9.59 Å². The number of hydrogen-bond acceptors (Lipinski definition) is 6. The van der Waals surface area contributed by atoms with Crippen LogP contribution in [0.25, 0.3) is 0 Å². The van der Waals surface area contributed by atoms with Gasteiger partial charge in [-0.25, -0.2) is 8.78 Å². The summed E-state index contributed by atoms with van der Waals surface area (Å²) in [6.45, 7) is 0. The summed E-state index contributed by atoms with van der Waals surface area (Å²) in [5.41, 5.74) is 3.22. The third-order valence-electron chi connectivity index (χ3n) is 4.20. The van der Waals surface area contributed by atoms with Gasteiger partial charge < -0.3 is 5.32 Å². The minimum Gasteiger partial charge on any atom is -0.323 e. The molecule has 0 fully saturated rings. The molecule has 0 saturated carbocycles. The minimum absolute atomic E-state index is 0.0201. The Morgan fingerprint density at radius 2 is 2.00 bits per heavy atom. The molecule has 7 nitrogen and oxygen atoms in total. The van der Waals surface area contributed by atoms with Crippen molar-refractivity contribution in [2.24, 2.45) is 5.10 Å². The maximum atomic E-state index is 13.6. The fraction of sp³-hybridized carbons (Fsp3) is 0.105. The molecule has 0 spiro atoms. The predicted molar refractivity (Wildman–Crippen MR) is 107 cm³/mol. The summed E-state index contributed by atoms with van der Waals surface area (Å²) >= 11 is 1.10. The zero-order valence-corrected chi connectivity index (χ0v) is 15.7. The molecule has 10 heteroatoms. The lowest BCUT2D eigenvalue weighted by atomic mass is 10.2. The topological polar surface area (TPSA) is 77.0 Å². The van der Waals surface area contributed by atoms with Crippen molar-refractivity contribution in [2.45, 2.75) is 6.17 Å². The van der Waals surface area contributed by atoms with E-state index in [9.17, 15) is 18.4 Å². The van der Waals surface area contributed by atoms with E-state index in [-0.39, 0.29) is 17.3 Å². The molecule has 148 valence electrons. The van der Waals surface area contributed by atoms with Crippen LogP contribution in [0.1, 0.15) is 0 Å². The van der Waals surface area contributed by atoms with Crippen LogP contribution >= 0.6 is 11.8 Å². The van der Waals surface area contributed by atoms with Crippen molar-refractivity contribution < 1.29 is 18.4 Å². The first-order valence-corrected chi connectivity index (χ1v) is 9.57. The molecule has 0 radical (unpaired) electrons. The summed E-state index contributed by atoms with van der Waals surface area (Å²) in [4.78, 5) is 27.7. The third-order valence-corrected chi connectivity index (χ3v) is 5.16. The van der Waals surface area contributed by atoms with Crippen molar-refractivity contribution in [3.8, 4) is 0 Å². The number of carbonyl (C=O) groups is 2. The van der Waals surface area contributed by atoms with Gasteiger partial charge in [-0.15, -0.1) is 0 Å². The van der Waals surface area contributed by atoms with Crippen LogP contribution in [0.4, 0.5) is 20.2 Å². The average molecular weight is 415 g/mol. The molecule has 0 bridgehead atoms. The van der Waals surface area contributed by atoms with Crippen molar-refractivity contribution in [1.29, 1.82) is 0 Å². The Labute approximate surface area is 169 Å². The second-order valence-electron chi connectivity index (χ2n) is 6.14. The Morgan fingerprint density at radius 1 is 1.17 bits per heavy atom. The maximum Gasteiger partial charge on any atom is 0.276 e. The van der Waals surface area contributed by atoms with E-state index in [4.69, 9.17) is 0 Å². The van der Waals surface area contributed by atoms with Crippen molar-refractivity contribution in [3.05, 3.63) is 72.6 Å². The zero-order chi connectivity index (χ0) is 20.4. The van der Waals surface area contributed by atoms with Gasteiger partial charge in [0.1, 0.15) is 11.6 Å². The van der Waals surface area contributed by atoms with Gasteiger partial charge in [0, 0.05) is 12.4 Å². The van der Waals surface area contributed by atoms with E-state index >= 15 is 0 Å². The summed E-state index contributed by atoms with van der Waals surface area (Å²) in [5.74, 6) is -1.73. The molecule has 2 aromatic rings. The normalized spacial score (nSPS) is 17.7. The lowest BCUT2D eigenvalue weighted by Crippen LogP contribution is -2.52. The summed E-state index contributed by atoms with van der Waals surface area (Å²) in [5, 5.41) is 7.01. The number of hydrogen-bond donors (Lipinski definition) is 2. The van der Waals surface area contributed by atoms with Gasteiger partial charge in [-0.05, 0) is 30.3 Å². The van der Waals surface area contributed by atoms with Gasteiger partial charge in [0.25, 0.3) is 5.91 Å². The second-order valence-corrected chi connectivity index (χ2v) is 7.08. The Morgan fingerprint density at radius 3 is 2.79 bits per heavy atom. The van der Waals surface area contributed by atoms with Crippen LogP contribution in [0.2, 0.25) is 0 Å². The van der Waals surface area contributed by atoms with Crippen LogP contribution < -0.4 is 15.6 Å². The predicted octanol–water partition coefficient (Wildman–Crippen LogP) is 2.66. The summed E-state index contributed by atoms with van der Waals surface area (Å²) in [6.07, 6.45) is 2.34. The van der Waals surface area contributed by atoms with E-state index in [0.717, 1.165) is 11.8 Å². The zero-order valence-electron chi connectivity index (χ0n) is 14.9. The lowest BCUT2D eigenvalue weighted by Gasteiger charge is -2.31. The van der Waals surface area contributed by atoms with E-state index in [2.05, 4.69) is 15.8 Å². The van der Waals surface area contributed by atoms with Crippen molar-refractivity contribution in [3.63, 3.8) is 0 Å². The number of hydrazone groups is 1. The number of amides is 2. The Hall–Kier alpha value is -3.40. The van der Waals surface area contributed by atoms with Gasteiger partial charge in [-0.2, -0.15) is 5.10 Å². The highest BCUT2D eigenvalue weighted by molar-refractivity contribution is 8.14. The Kier molecular flexibility index (Phi) is 5.17. The largest absolute Gasteiger partial charge is 0.323 e. The molecular weight excluding hydrogens is 400 g/mol. The fourth-order valence-electron chi connectivity index (χ4n) is 2.84. The average Bonchev–Trinajstić information content (AvgIpc) is 3.12. The molecule has 2 amide bonds. The quantitative estimate of drug-likeness (QED) is 0.803. The first kappa shape index (κ1) is 18.9. The molecule has 0 aromatic heterocycles. The molecule has 0 saturated heterocycles. The molecule has 1 atom stereocenters. The Balaban J connectivity index is 1.39. The number of benzene rings is 2. The number of fused-ring (bicyclic) bond motifs is 1. The molecule has 2 N–H and O–H groups in total. The van der Waals surface area contributed by atoms with Crippen LogP contribution in [0.3, 0.4) is 0 Å². The third kappa shape index (κ3) is 3.92. The van der Waals surface area contributed by atoms with E-state index in [1.165, 1.54) is 47.5 Å². The standard InChI is InChI=1S/C19H15F2N5O2S/c20-12-4-3-5-13(10-12)25-8-9-26-17(18(25)28)23-24-19(26)29-11-16(27)22-15-7-2-1-6-14(15)21/h1-10,17,23H,11H2,(H,22,27). The SMILES string of the molecule is O=C(CSC1=NNC2C(=O)N(c3cccc(F)c3)C=CN12)Nc1ccccc1F. The van der Waals surface area contributed by atoms with Crippen molar-refractivity contribution >= 4 is 40.1 Å². The highest BCUT2D eigenvalue weighted by atomic mass is 32.2. The molecule has 2 aliphatic heterocycles. The number of halogens is 2. The lowest BCUT2D eigenvalue weighted by molar-refractivity contribution is -0.122. The van der Waals surface area contributed by atoms with Gasteiger partial charge in [-0.1, -0.05) is 30.0 Å². The molecule has 2 aliphatic rings. The second kappa shape index (κ2) is 7.92. The molecule has 4 rings (SSSR count). The van der Waals surface area contributed by atoms with Gasteiger partial charge in [0.05, 0.1) is 17.1 Å². The highest BCUT2D eigenvalue weighted by Crippen LogP contribution is 2.26. The highest BCUT2D eigenvalue weighted by Gasteiger charge is 2.38. The summed E-state index contributed by atoms with van der Waals surface area (Å²) in [6, 6.07) is 11.6. The first-order valence-electron chi connectivity index (χ1n) is 8.58. The van der Waals surface area contributed by atoms with E-state index in [1.807, 2.05) is 0 Å². The van der Waals surface area contributed by atoms with Gasteiger partial charge in [-0.3, -0.25) is 24.8 Å². The molecule has 2 heterocycles. The number of carbonyl (C=O) groups excluding carboxylic acids is 2. The van der Waals surface area contributed by atoms with Gasteiger partial charge in [0.15, 0.2) is 5.17 Å². The van der Waals surface area contributed by atoms with Gasteiger partial charge in [0.2, 0.25) is 12.1 Å². The number of para-hydroxylation sites is 1. The number of nitrogens with one attached hydrogen (secondary N) is 2. The van der Waals surface area contributed by atoms with Crippen LogP contribution in [0, 0.1) is 11.6 Å². The first-order chi connectivity index (χ1) is 14.0. The smallest absolute Gasteiger partial charge is 0.276 e. The number of anilines is 2. The monoisotopic (exact) mass is 415 g/mol. The van der Waals surface area contributed by atoms with E-state index in [1.54, 1.807) is 23.2 Å². The van der Waals surface area contributed by atoms with Crippen LogP contribution in [-0.4, -0.2) is 33.8 Å². The number of rotatable bonds is 4. The maximum absolute atomic E-state index is 13.6. The Bertz CT molecular complexity index is 1030. The van der Waals surface area contributed by atoms with Crippen molar-refractivity contribution in [2.75, 3.05) is 16.0 Å². The van der Waals surface area contributed by atoms with Crippen LogP contribution in [0.5, 0.6) is 0 Å². The van der Waals surface area contributed by atoms with E-state index in [0.29, 0.717) is 10.9 Å². The molecule has 0 aliphatic carbocycles. The van der Waals surface area contributed by atoms with E-state index < -0.39 is 23.7 Å². The summed E-state index contributed by atoms with van der Waals surface area (Å²) in [7, 11) is 0. The van der Waals surface area contributed by atoms with Crippen LogP contribution in [0.15, 0.2) is 66.0 Å². The number of amidine groups is 1. The van der Waals surface area contributed by atoms with Crippen molar-refractivity contribution in [1.82, 2.24) is 10.3 Å². The van der Waals surface area contributed by atoms with Gasteiger partial charge >= 0.3 is 0 Å². The molecule has 29 heavy (non-hydrogen) atoms. The minimum atomic E-state index is -0.791. The number of nitrogens with zero attached hydrogens (tertiary/aromatic N) is 3. The molecule has 1 unspecified atom stereocenters. The molecule has 2 aromatic carbocycles.